The number of likely N-dealkylation sites (tertiary alicyclic amines) is 2. The summed E-state index contributed by atoms with van der Waals surface area (Å²) >= 11 is 9.51. The van der Waals surface area contributed by atoms with Gasteiger partial charge in [0.05, 0.1) is 53.1 Å². The Kier molecular flexibility index (Phi) is 16.3. The van der Waals surface area contributed by atoms with Gasteiger partial charge in [-0.05, 0) is 81.2 Å². The minimum absolute atomic E-state index is 0.0384. The zero-order chi connectivity index (χ0) is 49.9. The molecule has 3 aliphatic heterocycles. The number of benzene rings is 2. The number of amides is 3. The van der Waals surface area contributed by atoms with Crippen molar-refractivity contribution in [2.24, 2.45) is 10.4 Å². The van der Waals surface area contributed by atoms with Crippen LogP contribution in [0.25, 0.3) is 15.4 Å². The van der Waals surface area contributed by atoms with Gasteiger partial charge >= 0.3 is 0 Å². The van der Waals surface area contributed by atoms with E-state index >= 15 is 0 Å². The Morgan fingerprint density at radius 3 is 2.37 bits per heavy atom. The molecule has 2 fully saturated rings. The van der Waals surface area contributed by atoms with Gasteiger partial charge in [0.15, 0.2) is 5.82 Å². The first-order valence-corrected chi connectivity index (χ1v) is 26.2. The average Bonchev–Trinajstić information content (AvgIpc) is 4.10. The van der Waals surface area contributed by atoms with E-state index in [0.29, 0.717) is 37.0 Å². The lowest BCUT2D eigenvalue weighted by atomic mass is 9.85. The molecular formula is C51H65ClN10O6S2. The second-order valence-corrected chi connectivity index (χ2v) is 22.2. The number of nitrogens with one attached hydrogen (secondary N) is 3. The van der Waals surface area contributed by atoms with Gasteiger partial charge in [-0.3, -0.25) is 29.3 Å². The molecular weight excluding hydrogens is 948 g/mol. The standard InChI is InChI=1S/C51H65ClN10O6S2/c1-29-31(3)70-50-43(29)44(34-12-14-36(52)15-13-34)56-39(47-59-58-32(4)62(47)50)25-42(65)53-19-23-68-38-16-20-60(21-17-38)22-18-41(64)57-46(51(5,6)7)49(67)61-27-37(63)24-40(61)48(66)54-26-33-8-10-35(11-9-33)45-30(2)55-28-69-45/h8-15,28,37-41,46,57,63-64H,16-27H2,1-7H3,(H,53,65)(H,54,66)/t37-,39?,40+,41?,46-/m1/s1. The van der Waals surface area contributed by atoms with Crippen molar-refractivity contribution in [3.05, 3.63) is 104 Å². The average molecular weight is 1010 g/mol. The number of aliphatic imine (C=N–C) groups is 1. The van der Waals surface area contributed by atoms with E-state index in [0.717, 1.165) is 80.9 Å². The molecule has 8 rings (SSSR count). The summed E-state index contributed by atoms with van der Waals surface area (Å²) in [4.78, 5) is 56.8. The molecule has 3 amide bonds. The van der Waals surface area contributed by atoms with E-state index in [9.17, 15) is 24.6 Å². The number of nitrogens with zero attached hydrogens (tertiary/aromatic N) is 7. The number of carbonyl (C=O) groups excluding carboxylic acids is 3. The molecule has 5 aromatic rings. The molecule has 0 spiro atoms. The van der Waals surface area contributed by atoms with E-state index in [1.54, 1.807) is 22.7 Å². The number of carbonyl (C=O) groups is 3. The number of hydrogen-bond acceptors (Lipinski definition) is 14. The lowest BCUT2D eigenvalue weighted by Crippen LogP contribution is -2.58. The fraction of sp³-hybridized carbons (Fsp3) is 0.510. The summed E-state index contributed by atoms with van der Waals surface area (Å²) in [6, 6.07) is 13.4. The molecule has 3 aliphatic rings. The maximum atomic E-state index is 14.2. The number of halogens is 1. The lowest BCUT2D eigenvalue weighted by Gasteiger charge is -2.37. The van der Waals surface area contributed by atoms with Gasteiger partial charge in [0.25, 0.3) is 0 Å². The van der Waals surface area contributed by atoms with Crippen LogP contribution in [0.3, 0.4) is 0 Å². The van der Waals surface area contributed by atoms with Gasteiger partial charge in [-0.2, -0.15) is 0 Å². The van der Waals surface area contributed by atoms with Crippen LogP contribution >= 0.6 is 34.3 Å². The van der Waals surface area contributed by atoms with Crippen molar-refractivity contribution in [2.75, 3.05) is 39.3 Å². The number of aliphatic hydroxyl groups is 2. The maximum Gasteiger partial charge on any atom is 0.243 e. The molecule has 19 heteroatoms. The Morgan fingerprint density at radius 1 is 0.971 bits per heavy atom. The molecule has 374 valence electrons. The van der Waals surface area contributed by atoms with Crippen LogP contribution in [0, 0.1) is 33.1 Å². The van der Waals surface area contributed by atoms with Gasteiger partial charge < -0.3 is 35.4 Å². The number of piperidine rings is 1. The summed E-state index contributed by atoms with van der Waals surface area (Å²) < 4.78 is 8.25. The molecule has 0 saturated carbocycles. The van der Waals surface area contributed by atoms with E-state index in [4.69, 9.17) is 21.3 Å². The summed E-state index contributed by atoms with van der Waals surface area (Å²) in [6.45, 7) is 17.1. The normalized spacial score (nSPS) is 19.5. The fourth-order valence-corrected chi connectivity index (χ4v) is 11.7. The predicted molar refractivity (Wildman–Crippen MR) is 274 cm³/mol. The number of fused-ring (bicyclic) bond motifs is 3. The Morgan fingerprint density at radius 2 is 1.69 bits per heavy atom. The molecule has 6 heterocycles. The van der Waals surface area contributed by atoms with Gasteiger partial charge in [-0.15, -0.1) is 32.9 Å². The Labute approximate surface area is 422 Å². The molecule has 2 saturated heterocycles. The molecule has 5 atom stereocenters. The van der Waals surface area contributed by atoms with Crippen molar-refractivity contribution >= 4 is 57.7 Å². The fourth-order valence-electron chi connectivity index (χ4n) is 9.50. The summed E-state index contributed by atoms with van der Waals surface area (Å²) in [6.07, 6.45) is 0.468. The molecule has 0 aliphatic carbocycles. The van der Waals surface area contributed by atoms with Gasteiger partial charge in [0, 0.05) is 66.7 Å². The van der Waals surface area contributed by atoms with Crippen molar-refractivity contribution < 1.29 is 29.3 Å². The van der Waals surface area contributed by atoms with Crippen LogP contribution in [0.5, 0.6) is 0 Å². The number of β-amino-alcohol motifs (C(OH)–C–C–N with tert-alkyl or cyclic N) is 1. The quantitative estimate of drug-likeness (QED) is 0.0525. The van der Waals surface area contributed by atoms with Crippen molar-refractivity contribution in [1.82, 2.24) is 45.5 Å². The van der Waals surface area contributed by atoms with Crippen LogP contribution in [0.2, 0.25) is 5.02 Å². The van der Waals surface area contributed by atoms with Crippen LogP contribution in [0.4, 0.5) is 0 Å². The second-order valence-electron chi connectivity index (χ2n) is 19.7. The summed E-state index contributed by atoms with van der Waals surface area (Å²) in [5.41, 5.74) is 8.03. The zero-order valence-corrected chi connectivity index (χ0v) is 43.4. The molecule has 16 nitrogen and oxygen atoms in total. The topological polar surface area (TPSA) is 199 Å². The number of rotatable bonds is 17. The summed E-state index contributed by atoms with van der Waals surface area (Å²) in [5, 5.41) is 41.6. The third-order valence-corrected chi connectivity index (χ3v) is 16.0. The number of thiazole rings is 1. The van der Waals surface area contributed by atoms with E-state index in [-0.39, 0.29) is 49.8 Å². The van der Waals surface area contributed by atoms with Crippen LogP contribution < -0.4 is 16.0 Å². The van der Waals surface area contributed by atoms with Crippen molar-refractivity contribution in [2.45, 2.75) is 124 Å². The van der Waals surface area contributed by atoms with Crippen LogP contribution in [0.1, 0.15) is 103 Å². The highest BCUT2D eigenvalue weighted by Gasteiger charge is 2.44. The third kappa shape index (κ3) is 11.9. The molecule has 3 aromatic heterocycles. The number of thiophene rings is 1. The predicted octanol–water partition coefficient (Wildman–Crippen LogP) is 6.21. The smallest absolute Gasteiger partial charge is 0.243 e. The van der Waals surface area contributed by atoms with Crippen molar-refractivity contribution in [3.63, 3.8) is 0 Å². The van der Waals surface area contributed by atoms with E-state index in [1.165, 1.54) is 9.78 Å². The lowest BCUT2D eigenvalue weighted by molar-refractivity contribution is -0.143. The van der Waals surface area contributed by atoms with Crippen LogP contribution in [0.15, 0.2) is 59.0 Å². The van der Waals surface area contributed by atoms with Gasteiger partial charge in [-0.1, -0.05) is 68.8 Å². The van der Waals surface area contributed by atoms with Crippen LogP contribution in [-0.2, 0) is 25.7 Å². The molecule has 0 bridgehead atoms. The van der Waals surface area contributed by atoms with Crippen molar-refractivity contribution in [1.29, 1.82) is 0 Å². The molecule has 2 aromatic carbocycles. The summed E-state index contributed by atoms with van der Waals surface area (Å²) in [7, 11) is 0. The monoisotopic (exact) mass is 1010 g/mol. The summed E-state index contributed by atoms with van der Waals surface area (Å²) in [5.74, 6) is 0.550. The third-order valence-electron chi connectivity index (χ3n) is 13.5. The highest BCUT2D eigenvalue weighted by atomic mass is 35.5. The second kappa shape index (κ2) is 22.2. The molecule has 70 heavy (non-hydrogen) atoms. The Balaban J connectivity index is 0.774. The number of aromatic nitrogens is 4. The first-order chi connectivity index (χ1) is 33.4. The minimum atomic E-state index is -0.975. The zero-order valence-electron chi connectivity index (χ0n) is 41.0. The minimum Gasteiger partial charge on any atom is -0.391 e. The Bertz CT molecular complexity index is 2670. The van der Waals surface area contributed by atoms with E-state index in [1.807, 2.05) is 93.2 Å². The molecule has 2 unspecified atom stereocenters. The number of aryl methyl sites for hydroxylation is 3. The SMILES string of the molecule is Cc1ncsc1-c1ccc(CNC(=O)[C@@H]2C[C@@H](O)CN2C(=O)[C@@H](NC(O)CCN2CCC(OCCNC(=O)CC3N=C(c4ccc(Cl)cc4)c4c(sc(C)c4C)-n4c(C)nnc43)CC2)C(C)(C)C)cc1. The van der Waals surface area contributed by atoms with Gasteiger partial charge in [0.1, 0.15) is 29.1 Å². The van der Waals surface area contributed by atoms with E-state index < -0.39 is 35.9 Å². The largest absolute Gasteiger partial charge is 0.391 e. The first-order valence-electron chi connectivity index (χ1n) is 24.1. The molecule has 5 N–H and O–H groups in total. The number of ether oxygens (including phenoxy) is 1. The van der Waals surface area contributed by atoms with Crippen LogP contribution in [-0.4, -0.2) is 133 Å². The number of aliphatic hydroxyl groups excluding tert-OH is 2. The maximum absolute atomic E-state index is 14.2. The number of hydrogen-bond donors (Lipinski definition) is 5. The molecule has 0 radical (unpaired) electrons. The van der Waals surface area contributed by atoms with Gasteiger partial charge in [0.2, 0.25) is 17.7 Å². The highest BCUT2D eigenvalue weighted by Crippen LogP contribution is 2.40. The first kappa shape index (κ1) is 51.4. The van der Waals surface area contributed by atoms with E-state index in [2.05, 4.69) is 49.9 Å². The highest BCUT2D eigenvalue weighted by molar-refractivity contribution is 7.15. The Hall–Kier alpha value is -4.92. The van der Waals surface area contributed by atoms with Gasteiger partial charge in [-0.25, -0.2) is 4.98 Å². The van der Waals surface area contributed by atoms with Crippen molar-refractivity contribution in [3.8, 4) is 15.4 Å².